The summed E-state index contributed by atoms with van der Waals surface area (Å²) in [5, 5.41) is 2.21. The Balaban J connectivity index is 1.71. The van der Waals surface area contributed by atoms with Crippen molar-refractivity contribution < 1.29 is 27.2 Å². The molecule has 0 aliphatic carbocycles. The first-order valence-electron chi connectivity index (χ1n) is 7.73. The molecule has 1 fully saturated rings. The van der Waals surface area contributed by atoms with Crippen molar-refractivity contribution in [2.45, 2.75) is 19.1 Å². The normalized spacial score (nSPS) is 17.6. The summed E-state index contributed by atoms with van der Waals surface area (Å²) in [5.74, 6) is -0.865. The number of nitrogens with zero attached hydrogens (tertiary/aromatic N) is 1. The molecule has 1 aliphatic heterocycles. The molecule has 138 valence electrons. The number of hydrogen-bond acceptors (Lipinski definition) is 3. The van der Waals surface area contributed by atoms with E-state index in [0.29, 0.717) is 5.76 Å². The van der Waals surface area contributed by atoms with Crippen LogP contribution >= 0.6 is 11.6 Å². The lowest BCUT2D eigenvalue weighted by Crippen LogP contribution is -2.32. The second-order valence-corrected chi connectivity index (χ2v) is 6.27. The summed E-state index contributed by atoms with van der Waals surface area (Å²) < 4.78 is 44.1. The summed E-state index contributed by atoms with van der Waals surface area (Å²) in [4.78, 5) is 25.6. The maximum absolute atomic E-state index is 13.0. The quantitative estimate of drug-likeness (QED) is 0.873. The van der Waals surface area contributed by atoms with E-state index in [2.05, 4.69) is 5.32 Å². The highest BCUT2D eigenvalue weighted by atomic mass is 35.5. The first kappa shape index (κ1) is 18.3. The monoisotopic (exact) mass is 386 g/mol. The molecule has 1 N–H and O–H groups in total. The van der Waals surface area contributed by atoms with Crippen LogP contribution in [-0.2, 0) is 22.3 Å². The van der Waals surface area contributed by atoms with Gasteiger partial charge in [-0.15, -0.1) is 0 Å². The fourth-order valence-corrected chi connectivity index (χ4v) is 2.99. The van der Waals surface area contributed by atoms with Crippen molar-refractivity contribution in [1.29, 1.82) is 0 Å². The summed E-state index contributed by atoms with van der Waals surface area (Å²) in [6.45, 7) is 0.178. The van der Waals surface area contributed by atoms with Crippen LogP contribution in [0.4, 0.5) is 18.9 Å². The number of benzene rings is 1. The summed E-state index contributed by atoms with van der Waals surface area (Å²) in [6.07, 6.45) is -3.23. The lowest BCUT2D eigenvalue weighted by molar-refractivity contribution is -0.137. The van der Waals surface area contributed by atoms with Gasteiger partial charge in [0.2, 0.25) is 11.8 Å². The van der Waals surface area contributed by atoms with E-state index in [4.69, 9.17) is 16.0 Å². The van der Waals surface area contributed by atoms with Gasteiger partial charge in [0.25, 0.3) is 0 Å². The van der Waals surface area contributed by atoms with Crippen molar-refractivity contribution in [2.75, 3.05) is 11.4 Å². The van der Waals surface area contributed by atoms with E-state index in [1.165, 1.54) is 17.2 Å². The van der Waals surface area contributed by atoms with E-state index in [0.717, 1.165) is 12.1 Å². The molecule has 2 amide bonds. The molecule has 0 bridgehead atoms. The number of rotatable bonds is 4. The van der Waals surface area contributed by atoms with Crippen molar-refractivity contribution in [3.63, 3.8) is 0 Å². The molecule has 2 aromatic rings. The molecule has 2 heterocycles. The predicted molar refractivity (Wildman–Crippen MR) is 87.5 cm³/mol. The number of halogens is 4. The SMILES string of the molecule is O=C(NCc1ccco1)C1CC(=O)N(c2ccc(Cl)c(C(F)(F)F)c2)C1. The zero-order valence-corrected chi connectivity index (χ0v) is 14.1. The second-order valence-electron chi connectivity index (χ2n) is 5.86. The zero-order chi connectivity index (χ0) is 18.9. The Morgan fingerprint density at radius 2 is 2.12 bits per heavy atom. The Kier molecular flexibility index (Phi) is 4.95. The van der Waals surface area contributed by atoms with Gasteiger partial charge in [0.15, 0.2) is 0 Å². The van der Waals surface area contributed by atoms with E-state index in [1.807, 2.05) is 0 Å². The van der Waals surface area contributed by atoms with Crippen molar-refractivity contribution >= 4 is 29.1 Å². The minimum Gasteiger partial charge on any atom is -0.467 e. The Labute approximate surface area is 151 Å². The fourth-order valence-electron chi connectivity index (χ4n) is 2.76. The van der Waals surface area contributed by atoms with Gasteiger partial charge < -0.3 is 14.6 Å². The van der Waals surface area contributed by atoms with Crippen LogP contribution in [0.3, 0.4) is 0 Å². The molecule has 5 nitrogen and oxygen atoms in total. The standard InChI is InChI=1S/C17H14ClF3N2O3/c18-14-4-3-11(7-13(14)17(19,20)21)23-9-10(6-15(23)24)16(25)22-8-12-2-1-5-26-12/h1-5,7,10H,6,8-9H2,(H,22,25). The van der Waals surface area contributed by atoms with Crippen LogP contribution in [0.15, 0.2) is 41.0 Å². The molecule has 1 saturated heterocycles. The van der Waals surface area contributed by atoms with Gasteiger partial charge in [-0.05, 0) is 30.3 Å². The molecule has 0 spiro atoms. The van der Waals surface area contributed by atoms with Crippen LogP contribution in [0.1, 0.15) is 17.7 Å². The van der Waals surface area contributed by atoms with Gasteiger partial charge in [-0.25, -0.2) is 0 Å². The van der Waals surface area contributed by atoms with Gasteiger partial charge in [-0.3, -0.25) is 9.59 Å². The number of carbonyl (C=O) groups excluding carboxylic acids is 2. The van der Waals surface area contributed by atoms with Crippen molar-refractivity contribution in [3.05, 3.63) is 52.9 Å². The molecule has 1 aromatic carbocycles. The van der Waals surface area contributed by atoms with Crippen LogP contribution in [-0.4, -0.2) is 18.4 Å². The topological polar surface area (TPSA) is 62.6 Å². The summed E-state index contributed by atoms with van der Waals surface area (Å²) in [7, 11) is 0. The first-order valence-corrected chi connectivity index (χ1v) is 8.10. The van der Waals surface area contributed by atoms with E-state index in [9.17, 15) is 22.8 Å². The molecule has 1 aromatic heterocycles. The molecule has 26 heavy (non-hydrogen) atoms. The first-order chi connectivity index (χ1) is 12.3. The Hall–Kier alpha value is -2.48. The summed E-state index contributed by atoms with van der Waals surface area (Å²) in [6, 6.07) is 6.62. The smallest absolute Gasteiger partial charge is 0.417 e. The molecule has 0 radical (unpaired) electrons. The van der Waals surface area contributed by atoms with E-state index < -0.39 is 28.6 Å². The largest absolute Gasteiger partial charge is 0.467 e. The molecule has 3 rings (SSSR count). The van der Waals surface area contributed by atoms with Crippen LogP contribution < -0.4 is 10.2 Å². The van der Waals surface area contributed by atoms with E-state index in [-0.39, 0.29) is 31.1 Å². The van der Waals surface area contributed by atoms with Crippen molar-refractivity contribution in [2.24, 2.45) is 5.92 Å². The van der Waals surface area contributed by atoms with Crippen LogP contribution in [0.2, 0.25) is 5.02 Å². The average Bonchev–Trinajstić information content (AvgIpc) is 3.21. The lowest BCUT2D eigenvalue weighted by atomic mass is 10.1. The Bertz CT molecular complexity index is 821. The molecule has 0 saturated carbocycles. The summed E-state index contributed by atoms with van der Waals surface area (Å²) >= 11 is 5.60. The molecule has 9 heteroatoms. The van der Waals surface area contributed by atoms with Gasteiger partial charge in [0.05, 0.1) is 29.3 Å². The van der Waals surface area contributed by atoms with Crippen LogP contribution in [0, 0.1) is 5.92 Å². The third kappa shape index (κ3) is 3.85. The number of alkyl halides is 3. The number of nitrogens with one attached hydrogen (secondary N) is 1. The zero-order valence-electron chi connectivity index (χ0n) is 13.3. The minimum absolute atomic E-state index is 0.00174. The average molecular weight is 387 g/mol. The minimum atomic E-state index is -4.63. The predicted octanol–water partition coefficient (Wildman–Crippen LogP) is 3.62. The van der Waals surface area contributed by atoms with Crippen LogP contribution in [0.25, 0.3) is 0 Å². The van der Waals surface area contributed by atoms with Gasteiger partial charge in [0, 0.05) is 18.7 Å². The lowest BCUT2D eigenvalue weighted by Gasteiger charge is -2.19. The maximum Gasteiger partial charge on any atom is 0.417 e. The number of hydrogen-bond donors (Lipinski definition) is 1. The molecule has 1 atom stereocenters. The Morgan fingerprint density at radius 1 is 1.35 bits per heavy atom. The molecular formula is C17H14ClF3N2O3. The van der Waals surface area contributed by atoms with Gasteiger partial charge in [-0.2, -0.15) is 13.2 Å². The molecule has 1 unspecified atom stereocenters. The van der Waals surface area contributed by atoms with E-state index >= 15 is 0 Å². The van der Waals surface area contributed by atoms with Gasteiger partial charge >= 0.3 is 6.18 Å². The highest BCUT2D eigenvalue weighted by molar-refractivity contribution is 6.31. The number of amides is 2. The third-order valence-corrected chi connectivity index (χ3v) is 4.41. The maximum atomic E-state index is 13.0. The highest BCUT2D eigenvalue weighted by Gasteiger charge is 2.38. The molecular weight excluding hydrogens is 373 g/mol. The third-order valence-electron chi connectivity index (χ3n) is 4.08. The molecule has 1 aliphatic rings. The number of anilines is 1. The fraction of sp³-hybridized carbons (Fsp3) is 0.294. The van der Waals surface area contributed by atoms with Gasteiger partial charge in [-0.1, -0.05) is 11.6 Å². The Morgan fingerprint density at radius 3 is 2.77 bits per heavy atom. The highest BCUT2D eigenvalue weighted by Crippen LogP contribution is 2.38. The number of carbonyl (C=O) groups is 2. The second kappa shape index (κ2) is 7.03. The number of furan rings is 1. The van der Waals surface area contributed by atoms with Crippen molar-refractivity contribution in [1.82, 2.24) is 5.32 Å². The van der Waals surface area contributed by atoms with E-state index in [1.54, 1.807) is 12.1 Å². The summed E-state index contributed by atoms with van der Waals surface area (Å²) in [5.41, 5.74) is -0.955. The van der Waals surface area contributed by atoms with Crippen LogP contribution in [0.5, 0.6) is 0 Å². The van der Waals surface area contributed by atoms with Crippen molar-refractivity contribution in [3.8, 4) is 0 Å². The van der Waals surface area contributed by atoms with Gasteiger partial charge in [0.1, 0.15) is 5.76 Å².